The first kappa shape index (κ1) is 14.6. The highest BCUT2D eigenvalue weighted by Gasteiger charge is 2.38. The van der Waals surface area contributed by atoms with Gasteiger partial charge in [0.1, 0.15) is 0 Å². The van der Waals surface area contributed by atoms with Crippen molar-refractivity contribution in [2.45, 2.75) is 64.1 Å². The summed E-state index contributed by atoms with van der Waals surface area (Å²) in [5, 5.41) is 0. The fourth-order valence-corrected chi connectivity index (χ4v) is 3.33. The summed E-state index contributed by atoms with van der Waals surface area (Å²) < 4.78 is 0. The molecule has 0 heterocycles. The van der Waals surface area contributed by atoms with Gasteiger partial charge in [-0.3, -0.25) is 4.79 Å². The summed E-state index contributed by atoms with van der Waals surface area (Å²) in [6.07, 6.45) is 6.23. The molecule has 2 saturated carbocycles. The number of carbonyl (C=O) groups excluding carboxylic acids is 1. The van der Waals surface area contributed by atoms with Gasteiger partial charge in [-0.1, -0.05) is 31.2 Å². The van der Waals surface area contributed by atoms with Crippen molar-refractivity contribution >= 4 is 5.91 Å². The van der Waals surface area contributed by atoms with Crippen molar-refractivity contribution in [2.24, 2.45) is 11.7 Å². The highest BCUT2D eigenvalue weighted by atomic mass is 16.2. The molecular weight excluding hydrogens is 260 g/mol. The Morgan fingerprint density at radius 1 is 1.14 bits per heavy atom. The van der Waals surface area contributed by atoms with Gasteiger partial charge in [0.2, 0.25) is 5.91 Å². The van der Waals surface area contributed by atoms with Crippen molar-refractivity contribution in [1.29, 1.82) is 0 Å². The van der Waals surface area contributed by atoms with E-state index in [1.807, 2.05) is 0 Å². The topological polar surface area (TPSA) is 46.3 Å². The van der Waals surface area contributed by atoms with Gasteiger partial charge < -0.3 is 10.6 Å². The summed E-state index contributed by atoms with van der Waals surface area (Å²) in [6, 6.07) is 9.39. The van der Waals surface area contributed by atoms with Gasteiger partial charge >= 0.3 is 0 Å². The van der Waals surface area contributed by atoms with E-state index < -0.39 is 0 Å². The first-order valence-corrected chi connectivity index (χ1v) is 8.31. The van der Waals surface area contributed by atoms with Crippen LogP contribution in [0.1, 0.15) is 50.2 Å². The van der Waals surface area contributed by atoms with E-state index in [9.17, 15) is 4.79 Å². The Morgan fingerprint density at radius 3 is 2.33 bits per heavy atom. The van der Waals surface area contributed by atoms with Crippen LogP contribution in [0.5, 0.6) is 0 Å². The number of hydrogen-bond donors (Lipinski definition) is 1. The van der Waals surface area contributed by atoms with Gasteiger partial charge in [0.25, 0.3) is 0 Å². The number of amides is 1. The van der Waals surface area contributed by atoms with E-state index >= 15 is 0 Å². The van der Waals surface area contributed by atoms with Crippen LogP contribution in [0.25, 0.3) is 0 Å². The molecule has 1 aromatic carbocycles. The normalized spacial score (nSPS) is 25.0. The van der Waals surface area contributed by atoms with Gasteiger partial charge in [0.05, 0.1) is 0 Å². The SMILES string of the molecule is CCc1ccc(CN(C(=O)C2CCC(N)C2)C2CC2)cc1. The maximum atomic E-state index is 12.8. The first-order chi connectivity index (χ1) is 10.2. The summed E-state index contributed by atoms with van der Waals surface area (Å²) in [4.78, 5) is 14.9. The number of nitrogens with zero attached hydrogens (tertiary/aromatic N) is 1. The average Bonchev–Trinajstić information content (AvgIpc) is 3.26. The standard InChI is InChI=1S/C18H26N2O/c1-2-13-3-5-14(6-4-13)12-20(17-9-10-17)18(21)15-7-8-16(19)11-15/h3-6,15-17H,2,7-12,19H2,1H3. The molecule has 21 heavy (non-hydrogen) atoms. The van der Waals surface area contributed by atoms with Crippen LogP contribution < -0.4 is 5.73 Å². The number of nitrogens with two attached hydrogens (primary N) is 1. The van der Waals surface area contributed by atoms with E-state index in [1.54, 1.807) is 0 Å². The molecule has 2 N–H and O–H groups in total. The Balaban J connectivity index is 1.68. The molecule has 2 fully saturated rings. The van der Waals surface area contributed by atoms with Crippen LogP contribution in [0, 0.1) is 5.92 Å². The van der Waals surface area contributed by atoms with Crippen LogP contribution in [0.4, 0.5) is 0 Å². The van der Waals surface area contributed by atoms with Gasteiger partial charge in [-0.05, 0) is 49.7 Å². The summed E-state index contributed by atoms with van der Waals surface area (Å²) in [7, 11) is 0. The van der Waals surface area contributed by atoms with Crippen molar-refractivity contribution in [3.63, 3.8) is 0 Å². The lowest BCUT2D eigenvalue weighted by atomic mass is 10.0. The van der Waals surface area contributed by atoms with E-state index in [0.717, 1.165) is 45.1 Å². The van der Waals surface area contributed by atoms with Gasteiger partial charge in [0, 0.05) is 24.5 Å². The summed E-state index contributed by atoms with van der Waals surface area (Å²) in [5.41, 5.74) is 8.57. The Kier molecular flexibility index (Phi) is 4.29. The third-order valence-corrected chi connectivity index (χ3v) is 4.88. The van der Waals surface area contributed by atoms with Gasteiger partial charge in [-0.2, -0.15) is 0 Å². The monoisotopic (exact) mass is 286 g/mol. The van der Waals surface area contributed by atoms with Crippen LogP contribution >= 0.6 is 0 Å². The molecule has 3 nitrogen and oxygen atoms in total. The molecule has 0 spiro atoms. The van der Waals surface area contributed by atoms with Gasteiger partial charge in [-0.25, -0.2) is 0 Å². The third kappa shape index (κ3) is 3.46. The molecule has 0 bridgehead atoms. The Bertz CT molecular complexity index is 492. The summed E-state index contributed by atoms with van der Waals surface area (Å²) in [5.74, 6) is 0.500. The maximum absolute atomic E-state index is 12.8. The molecule has 1 aromatic rings. The minimum absolute atomic E-state index is 0.163. The van der Waals surface area contributed by atoms with Gasteiger partial charge in [0.15, 0.2) is 0 Å². The zero-order valence-corrected chi connectivity index (χ0v) is 12.9. The molecule has 0 saturated heterocycles. The van der Waals surface area contributed by atoms with Crippen LogP contribution in [0.3, 0.4) is 0 Å². The highest BCUT2D eigenvalue weighted by Crippen LogP contribution is 2.33. The lowest BCUT2D eigenvalue weighted by molar-refractivity contribution is -0.136. The Hall–Kier alpha value is -1.35. The molecule has 3 rings (SSSR count). The van der Waals surface area contributed by atoms with Crippen molar-refractivity contribution < 1.29 is 4.79 Å². The predicted octanol–water partition coefficient (Wildman–Crippen LogP) is 2.87. The van der Waals surface area contributed by atoms with Gasteiger partial charge in [-0.15, -0.1) is 0 Å². The fourth-order valence-electron chi connectivity index (χ4n) is 3.33. The fraction of sp³-hybridized carbons (Fsp3) is 0.611. The second kappa shape index (κ2) is 6.18. The minimum atomic E-state index is 0.163. The van der Waals surface area contributed by atoms with E-state index in [0.29, 0.717) is 11.9 Å². The van der Waals surface area contributed by atoms with Crippen molar-refractivity contribution in [3.05, 3.63) is 35.4 Å². The van der Waals surface area contributed by atoms with Crippen molar-refractivity contribution in [1.82, 2.24) is 4.90 Å². The van der Waals surface area contributed by atoms with Crippen molar-refractivity contribution in [2.75, 3.05) is 0 Å². The molecule has 114 valence electrons. The zero-order valence-electron chi connectivity index (χ0n) is 12.9. The van der Waals surface area contributed by atoms with Crippen LogP contribution in [0.2, 0.25) is 0 Å². The number of benzene rings is 1. The van der Waals surface area contributed by atoms with Crippen LogP contribution in [-0.4, -0.2) is 22.9 Å². The zero-order chi connectivity index (χ0) is 14.8. The van der Waals surface area contributed by atoms with E-state index in [4.69, 9.17) is 5.73 Å². The van der Waals surface area contributed by atoms with Crippen LogP contribution in [0.15, 0.2) is 24.3 Å². The maximum Gasteiger partial charge on any atom is 0.226 e. The van der Waals surface area contributed by atoms with E-state index in [2.05, 4.69) is 36.1 Å². The third-order valence-electron chi connectivity index (χ3n) is 4.88. The number of aryl methyl sites for hydroxylation is 1. The highest BCUT2D eigenvalue weighted by molar-refractivity contribution is 5.80. The quantitative estimate of drug-likeness (QED) is 0.904. The molecule has 1 amide bonds. The lowest BCUT2D eigenvalue weighted by Crippen LogP contribution is -2.37. The molecule has 3 heteroatoms. The molecule has 0 radical (unpaired) electrons. The Morgan fingerprint density at radius 2 is 1.81 bits per heavy atom. The van der Waals surface area contributed by atoms with Crippen molar-refractivity contribution in [3.8, 4) is 0 Å². The lowest BCUT2D eigenvalue weighted by Gasteiger charge is -2.26. The molecule has 2 unspecified atom stereocenters. The molecule has 0 aromatic heterocycles. The second-order valence-electron chi connectivity index (χ2n) is 6.64. The predicted molar refractivity (Wildman–Crippen MR) is 84.7 cm³/mol. The van der Waals surface area contributed by atoms with E-state index in [1.165, 1.54) is 11.1 Å². The summed E-state index contributed by atoms with van der Waals surface area (Å²) in [6.45, 7) is 2.93. The average molecular weight is 286 g/mol. The Labute approximate surface area is 127 Å². The number of carbonyl (C=O) groups is 1. The van der Waals surface area contributed by atoms with E-state index in [-0.39, 0.29) is 12.0 Å². The summed E-state index contributed by atoms with van der Waals surface area (Å²) >= 11 is 0. The smallest absolute Gasteiger partial charge is 0.226 e. The van der Waals surface area contributed by atoms with Crippen LogP contribution in [-0.2, 0) is 17.8 Å². The largest absolute Gasteiger partial charge is 0.335 e. The molecule has 0 aliphatic heterocycles. The first-order valence-electron chi connectivity index (χ1n) is 8.31. The minimum Gasteiger partial charge on any atom is -0.335 e. The second-order valence-corrected chi connectivity index (χ2v) is 6.64. The molecule has 2 aliphatic carbocycles. The number of hydrogen-bond acceptors (Lipinski definition) is 2. The number of rotatable bonds is 5. The molecular formula is C18H26N2O. The molecule has 2 atom stereocenters. The molecule has 2 aliphatic rings.